The SMILES string of the molecule is COc1cc(-c2cnc3sc(NCc4ccco4)nn23)ccc1O. The van der Waals surface area contributed by atoms with Gasteiger partial charge >= 0.3 is 0 Å². The average Bonchev–Trinajstić information content (AvgIpc) is 3.30. The maximum absolute atomic E-state index is 9.73. The van der Waals surface area contributed by atoms with Gasteiger partial charge in [-0.05, 0) is 30.3 Å². The Hall–Kier alpha value is -3.00. The van der Waals surface area contributed by atoms with Crippen molar-refractivity contribution in [2.75, 3.05) is 12.4 Å². The second-order valence-electron chi connectivity index (χ2n) is 5.06. The molecule has 7 nitrogen and oxygen atoms in total. The summed E-state index contributed by atoms with van der Waals surface area (Å²) in [5, 5.41) is 18.2. The van der Waals surface area contributed by atoms with E-state index in [9.17, 15) is 5.11 Å². The van der Waals surface area contributed by atoms with E-state index in [0.29, 0.717) is 12.3 Å². The number of benzene rings is 1. The molecule has 3 aromatic heterocycles. The summed E-state index contributed by atoms with van der Waals surface area (Å²) >= 11 is 1.46. The summed E-state index contributed by atoms with van der Waals surface area (Å²) in [4.78, 5) is 5.17. The molecule has 0 saturated carbocycles. The van der Waals surface area contributed by atoms with Gasteiger partial charge in [-0.2, -0.15) is 0 Å². The highest BCUT2D eigenvalue weighted by atomic mass is 32.1. The molecule has 24 heavy (non-hydrogen) atoms. The van der Waals surface area contributed by atoms with Gasteiger partial charge < -0.3 is 19.6 Å². The van der Waals surface area contributed by atoms with E-state index < -0.39 is 0 Å². The number of fused-ring (bicyclic) bond motifs is 1. The third kappa shape index (κ3) is 2.56. The highest BCUT2D eigenvalue weighted by Gasteiger charge is 2.13. The van der Waals surface area contributed by atoms with Crippen molar-refractivity contribution in [3.63, 3.8) is 0 Å². The predicted octanol–water partition coefficient (Wildman–Crippen LogP) is 3.38. The molecule has 2 N–H and O–H groups in total. The van der Waals surface area contributed by atoms with Gasteiger partial charge in [0.15, 0.2) is 11.5 Å². The fourth-order valence-corrected chi connectivity index (χ4v) is 3.14. The number of nitrogens with zero attached hydrogens (tertiary/aromatic N) is 3. The lowest BCUT2D eigenvalue weighted by molar-refractivity contribution is 0.373. The van der Waals surface area contributed by atoms with Crippen molar-refractivity contribution in [2.45, 2.75) is 6.54 Å². The lowest BCUT2D eigenvalue weighted by atomic mass is 10.1. The molecule has 0 unspecified atom stereocenters. The first-order chi connectivity index (χ1) is 11.7. The van der Waals surface area contributed by atoms with E-state index >= 15 is 0 Å². The van der Waals surface area contributed by atoms with Crippen molar-refractivity contribution < 1.29 is 14.3 Å². The van der Waals surface area contributed by atoms with Gasteiger partial charge in [0.2, 0.25) is 10.1 Å². The van der Waals surface area contributed by atoms with Gasteiger partial charge in [-0.15, -0.1) is 5.10 Å². The van der Waals surface area contributed by atoms with Crippen molar-refractivity contribution in [1.29, 1.82) is 0 Å². The molecule has 0 spiro atoms. The Balaban J connectivity index is 1.64. The molecule has 1 aromatic carbocycles. The van der Waals surface area contributed by atoms with E-state index in [1.54, 1.807) is 35.2 Å². The number of aromatic nitrogens is 3. The van der Waals surface area contributed by atoms with Gasteiger partial charge in [0.05, 0.1) is 31.8 Å². The summed E-state index contributed by atoms with van der Waals surface area (Å²) in [5.74, 6) is 1.35. The van der Waals surface area contributed by atoms with Crippen molar-refractivity contribution >= 4 is 21.4 Å². The average molecular weight is 342 g/mol. The number of hydrogen-bond acceptors (Lipinski definition) is 7. The van der Waals surface area contributed by atoms with Crippen LogP contribution < -0.4 is 10.1 Å². The third-order valence-corrected chi connectivity index (χ3v) is 4.44. The molecule has 0 amide bonds. The lowest BCUT2D eigenvalue weighted by Crippen LogP contribution is -1.98. The first-order valence-electron chi connectivity index (χ1n) is 7.23. The minimum Gasteiger partial charge on any atom is -0.504 e. The molecule has 0 aliphatic carbocycles. The molecule has 0 fully saturated rings. The Bertz CT molecular complexity index is 975. The summed E-state index contributed by atoms with van der Waals surface area (Å²) in [5.41, 5.74) is 1.69. The predicted molar refractivity (Wildman–Crippen MR) is 90.6 cm³/mol. The van der Waals surface area contributed by atoms with Gasteiger partial charge in [0, 0.05) is 5.56 Å². The highest BCUT2D eigenvalue weighted by molar-refractivity contribution is 7.20. The summed E-state index contributed by atoms with van der Waals surface area (Å²) in [6, 6.07) is 8.91. The van der Waals surface area contributed by atoms with Crippen molar-refractivity contribution in [2.24, 2.45) is 0 Å². The molecular formula is C16H14N4O3S. The fourth-order valence-electron chi connectivity index (χ4n) is 2.37. The van der Waals surface area contributed by atoms with E-state index in [1.807, 2.05) is 12.1 Å². The zero-order valence-electron chi connectivity index (χ0n) is 12.8. The van der Waals surface area contributed by atoms with E-state index in [4.69, 9.17) is 9.15 Å². The summed E-state index contributed by atoms with van der Waals surface area (Å²) in [6.45, 7) is 0.562. The van der Waals surface area contributed by atoms with Crippen molar-refractivity contribution in [3.8, 4) is 22.8 Å². The van der Waals surface area contributed by atoms with Gasteiger partial charge in [-0.25, -0.2) is 9.50 Å². The van der Waals surface area contributed by atoms with Gasteiger partial charge in [-0.3, -0.25) is 0 Å². The Morgan fingerprint density at radius 1 is 1.38 bits per heavy atom. The number of methoxy groups -OCH3 is 1. The van der Waals surface area contributed by atoms with Crippen LogP contribution in [0.5, 0.6) is 11.5 Å². The monoisotopic (exact) mass is 342 g/mol. The van der Waals surface area contributed by atoms with Gasteiger partial charge in [0.25, 0.3) is 0 Å². The first-order valence-corrected chi connectivity index (χ1v) is 8.04. The van der Waals surface area contributed by atoms with Crippen LogP contribution in [0.25, 0.3) is 16.2 Å². The lowest BCUT2D eigenvalue weighted by Gasteiger charge is -2.05. The Labute approximate surface area is 141 Å². The van der Waals surface area contributed by atoms with Crippen LogP contribution in [0.1, 0.15) is 5.76 Å². The number of phenols is 1. The van der Waals surface area contributed by atoms with E-state index in [0.717, 1.165) is 27.1 Å². The Morgan fingerprint density at radius 3 is 3.08 bits per heavy atom. The number of hydrogen-bond donors (Lipinski definition) is 2. The Kier molecular flexibility index (Phi) is 3.58. The number of furan rings is 1. The highest BCUT2D eigenvalue weighted by Crippen LogP contribution is 2.32. The number of phenolic OH excluding ortho intramolecular Hbond substituents is 1. The number of aromatic hydroxyl groups is 1. The fraction of sp³-hybridized carbons (Fsp3) is 0.125. The molecule has 4 rings (SSSR count). The second-order valence-corrected chi connectivity index (χ2v) is 6.02. The maximum Gasteiger partial charge on any atom is 0.214 e. The number of rotatable bonds is 5. The van der Waals surface area contributed by atoms with Crippen molar-refractivity contribution in [3.05, 3.63) is 48.6 Å². The van der Waals surface area contributed by atoms with Crippen LogP contribution in [-0.4, -0.2) is 26.8 Å². The topological polar surface area (TPSA) is 84.8 Å². The molecular weight excluding hydrogens is 328 g/mol. The number of anilines is 1. The van der Waals surface area contributed by atoms with Crippen LogP contribution in [0.15, 0.2) is 47.2 Å². The molecule has 0 aliphatic heterocycles. The number of nitrogens with one attached hydrogen (secondary N) is 1. The zero-order valence-corrected chi connectivity index (χ0v) is 13.6. The molecule has 0 radical (unpaired) electrons. The third-order valence-electron chi connectivity index (χ3n) is 3.55. The smallest absolute Gasteiger partial charge is 0.214 e. The second kappa shape index (κ2) is 5.89. The van der Waals surface area contributed by atoms with Gasteiger partial charge in [-0.1, -0.05) is 11.3 Å². The van der Waals surface area contributed by atoms with Crippen LogP contribution in [0.4, 0.5) is 5.13 Å². The zero-order chi connectivity index (χ0) is 16.5. The summed E-state index contributed by atoms with van der Waals surface area (Å²) < 4.78 is 12.2. The first kappa shape index (κ1) is 14.6. The molecule has 4 aromatic rings. The molecule has 0 bridgehead atoms. The minimum absolute atomic E-state index is 0.0982. The van der Waals surface area contributed by atoms with E-state index in [-0.39, 0.29) is 5.75 Å². The van der Waals surface area contributed by atoms with Crippen LogP contribution in [-0.2, 0) is 6.54 Å². The number of imidazole rings is 1. The molecule has 0 aliphatic rings. The van der Waals surface area contributed by atoms with Crippen molar-refractivity contribution in [1.82, 2.24) is 14.6 Å². The molecule has 8 heteroatoms. The van der Waals surface area contributed by atoms with Crippen LogP contribution in [0.3, 0.4) is 0 Å². The summed E-state index contributed by atoms with van der Waals surface area (Å²) in [7, 11) is 1.52. The standard InChI is InChI=1S/C16H14N4O3S/c1-22-14-7-10(4-5-13(14)21)12-9-18-16-20(12)19-15(24-16)17-8-11-3-2-6-23-11/h2-7,9,21H,8H2,1H3,(H,17,19). The maximum atomic E-state index is 9.73. The molecule has 3 heterocycles. The number of ether oxygens (including phenoxy) is 1. The normalized spacial score (nSPS) is 11.0. The summed E-state index contributed by atoms with van der Waals surface area (Å²) in [6.07, 6.45) is 3.39. The van der Waals surface area contributed by atoms with Gasteiger partial charge in [0.1, 0.15) is 5.76 Å². The molecule has 122 valence electrons. The largest absolute Gasteiger partial charge is 0.504 e. The van der Waals surface area contributed by atoms with Crippen LogP contribution in [0, 0.1) is 0 Å². The quantitative estimate of drug-likeness (QED) is 0.578. The van der Waals surface area contributed by atoms with E-state index in [1.165, 1.54) is 18.4 Å². The van der Waals surface area contributed by atoms with E-state index in [2.05, 4.69) is 15.4 Å². The Morgan fingerprint density at radius 2 is 2.29 bits per heavy atom. The molecule has 0 saturated heterocycles. The molecule has 0 atom stereocenters. The van der Waals surface area contributed by atoms with Crippen LogP contribution >= 0.6 is 11.3 Å². The van der Waals surface area contributed by atoms with Crippen LogP contribution in [0.2, 0.25) is 0 Å². The minimum atomic E-state index is 0.0982.